The summed E-state index contributed by atoms with van der Waals surface area (Å²) in [4.78, 5) is 34.5. The summed E-state index contributed by atoms with van der Waals surface area (Å²) in [6.45, 7) is 3.69. The molecular weight excluding hydrogens is 356 g/mol. The van der Waals surface area contributed by atoms with Gasteiger partial charge in [-0.05, 0) is 43.5 Å². The minimum Gasteiger partial charge on any atom is -0.463 e. The number of amides is 1. The molecule has 1 amide bonds. The molecular formula is C21H24N4O3. The Morgan fingerprint density at radius 2 is 1.96 bits per heavy atom. The first-order valence-electron chi connectivity index (χ1n) is 9.42. The van der Waals surface area contributed by atoms with Gasteiger partial charge in [-0.3, -0.25) is 9.78 Å². The van der Waals surface area contributed by atoms with Crippen LogP contribution in [0.5, 0.6) is 0 Å². The summed E-state index contributed by atoms with van der Waals surface area (Å²) < 4.78 is 4.85. The topological polar surface area (TPSA) is 84.4 Å². The quantitative estimate of drug-likeness (QED) is 0.613. The third-order valence-corrected chi connectivity index (χ3v) is 4.62. The van der Waals surface area contributed by atoms with E-state index in [0.717, 1.165) is 43.0 Å². The van der Waals surface area contributed by atoms with E-state index < -0.39 is 0 Å². The van der Waals surface area contributed by atoms with Crippen LogP contribution < -0.4 is 10.2 Å². The molecule has 0 bridgehead atoms. The fraction of sp³-hybridized carbons (Fsp3) is 0.333. The van der Waals surface area contributed by atoms with Gasteiger partial charge in [-0.25, -0.2) is 9.78 Å². The van der Waals surface area contributed by atoms with Crippen LogP contribution in [0.15, 0.2) is 48.9 Å². The highest BCUT2D eigenvalue weighted by Crippen LogP contribution is 2.22. The third-order valence-electron chi connectivity index (χ3n) is 4.62. The molecule has 0 radical (unpaired) electrons. The van der Waals surface area contributed by atoms with Crippen LogP contribution in [-0.4, -0.2) is 41.5 Å². The number of ether oxygens (including phenoxy) is 1. The largest absolute Gasteiger partial charge is 0.463 e. The Morgan fingerprint density at radius 1 is 1.21 bits per heavy atom. The number of nitrogens with one attached hydrogen (secondary N) is 1. The van der Waals surface area contributed by atoms with Gasteiger partial charge in [0, 0.05) is 43.2 Å². The van der Waals surface area contributed by atoms with Gasteiger partial charge in [-0.2, -0.15) is 0 Å². The van der Waals surface area contributed by atoms with E-state index in [0.29, 0.717) is 6.61 Å². The van der Waals surface area contributed by atoms with E-state index in [-0.39, 0.29) is 17.8 Å². The molecule has 0 atom stereocenters. The average Bonchev–Trinajstić information content (AvgIpc) is 2.74. The second-order valence-corrected chi connectivity index (χ2v) is 6.52. The van der Waals surface area contributed by atoms with Crippen molar-refractivity contribution in [2.45, 2.75) is 19.8 Å². The highest BCUT2D eigenvalue weighted by atomic mass is 16.5. The molecule has 1 aromatic heterocycles. The number of benzene rings is 1. The zero-order chi connectivity index (χ0) is 19.8. The van der Waals surface area contributed by atoms with Crippen molar-refractivity contribution in [2.24, 2.45) is 5.92 Å². The number of hydrogen-bond acceptors (Lipinski definition) is 6. The van der Waals surface area contributed by atoms with Crippen LogP contribution >= 0.6 is 0 Å². The molecule has 7 heteroatoms. The van der Waals surface area contributed by atoms with Gasteiger partial charge in [0.25, 0.3) is 0 Å². The maximum atomic E-state index is 12.5. The Morgan fingerprint density at radius 3 is 2.61 bits per heavy atom. The number of nitrogens with zero attached hydrogens (tertiary/aromatic N) is 3. The summed E-state index contributed by atoms with van der Waals surface area (Å²) in [7, 11) is 0. The number of piperidine rings is 1. The van der Waals surface area contributed by atoms with Crippen molar-refractivity contribution in [2.75, 3.05) is 29.9 Å². The molecule has 1 saturated heterocycles. The van der Waals surface area contributed by atoms with Crippen LogP contribution in [0.25, 0.3) is 6.08 Å². The van der Waals surface area contributed by atoms with Crippen molar-refractivity contribution < 1.29 is 14.3 Å². The Bertz CT molecular complexity index is 813. The molecule has 1 N–H and O–H groups in total. The fourth-order valence-corrected chi connectivity index (χ4v) is 3.10. The molecule has 2 aromatic rings. The number of anilines is 2. The second kappa shape index (κ2) is 9.64. The van der Waals surface area contributed by atoms with Crippen molar-refractivity contribution >= 4 is 29.5 Å². The zero-order valence-corrected chi connectivity index (χ0v) is 15.9. The van der Waals surface area contributed by atoms with Crippen molar-refractivity contribution in [3.8, 4) is 0 Å². The lowest BCUT2D eigenvalue weighted by molar-refractivity contribution is -0.137. The smallest absolute Gasteiger partial charge is 0.330 e. The number of carbonyl (C=O) groups excluding carboxylic acids is 2. The standard InChI is InChI=1S/C21H24N4O3/c1-2-28-20(26)8-5-16-3-6-18(7-4-16)24-21(27)17-9-13-25(14-10-17)19-15-22-11-12-23-19/h3-8,11-12,15,17H,2,9-10,13-14H2,1H3,(H,24,27). The summed E-state index contributed by atoms with van der Waals surface area (Å²) in [6.07, 6.45) is 9.72. The van der Waals surface area contributed by atoms with Crippen LogP contribution in [0.2, 0.25) is 0 Å². The molecule has 7 nitrogen and oxygen atoms in total. The number of carbonyl (C=O) groups is 2. The minimum absolute atomic E-state index is 0.0173. The molecule has 1 aromatic carbocycles. The lowest BCUT2D eigenvalue weighted by Gasteiger charge is -2.31. The summed E-state index contributed by atoms with van der Waals surface area (Å²) in [6, 6.07) is 7.36. The maximum Gasteiger partial charge on any atom is 0.330 e. The molecule has 1 aliphatic rings. The third kappa shape index (κ3) is 5.39. The number of hydrogen-bond donors (Lipinski definition) is 1. The monoisotopic (exact) mass is 380 g/mol. The highest BCUT2D eigenvalue weighted by Gasteiger charge is 2.25. The summed E-state index contributed by atoms with van der Waals surface area (Å²) in [5, 5.41) is 2.98. The van der Waals surface area contributed by atoms with Crippen LogP contribution in [0.1, 0.15) is 25.3 Å². The van der Waals surface area contributed by atoms with Crippen molar-refractivity contribution in [1.29, 1.82) is 0 Å². The van der Waals surface area contributed by atoms with Crippen molar-refractivity contribution in [3.63, 3.8) is 0 Å². The van der Waals surface area contributed by atoms with E-state index in [9.17, 15) is 9.59 Å². The predicted molar refractivity (Wildman–Crippen MR) is 108 cm³/mol. The van der Waals surface area contributed by atoms with Crippen molar-refractivity contribution in [3.05, 3.63) is 54.5 Å². The van der Waals surface area contributed by atoms with Crippen LogP contribution in [0, 0.1) is 5.92 Å². The summed E-state index contributed by atoms with van der Waals surface area (Å²) >= 11 is 0. The van der Waals surface area contributed by atoms with Gasteiger partial charge >= 0.3 is 5.97 Å². The predicted octanol–water partition coefficient (Wildman–Crippen LogP) is 2.91. The van der Waals surface area contributed by atoms with E-state index in [1.165, 1.54) is 6.08 Å². The lowest BCUT2D eigenvalue weighted by Crippen LogP contribution is -2.38. The van der Waals surface area contributed by atoms with Crippen LogP contribution in [0.4, 0.5) is 11.5 Å². The normalized spacial score (nSPS) is 14.8. The van der Waals surface area contributed by atoms with Gasteiger partial charge in [0.05, 0.1) is 12.8 Å². The van der Waals surface area contributed by atoms with E-state index in [1.807, 2.05) is 24.3 Å². The van der Waals surface area contributed by atoms with E-state index in [4.69, 9.17) is 4.74 Å². The number of esters is 1. The van der Waals surface area contributed by atoms with E-state index >= 15 is 0 Å². The molecule has 1 fully saturated rings. The van der Waals surface area contributed by atoms with Crippen LogP contribution in [0.3, 0.4) is 0 Å². The molecule has 0 spiro atoms. The van der Waals surface area contributed by atoms with Gasteiger partial charge in [0.1, 0.15) is 5.82 Å². The molecule has 3 rings (SSSR count). The number of aromatic nitrogens is 2. The first-order chi connectivity index (χ1) is 13.7. The Labute approximate surface area is 164 Å². The zero-order valence-electron chi connectivity index (χ0n) is 15.9. The molecule has 28 heavy (non-hydrogen) atoms. The summed E-state index contributed by atoms with van der Waals surface area (Å²) in [5.74, 6) is 0.505. The molecule has 0 unspecified atom stereocenters. The maximum absolute atomic E-state index is 12.5. The Kier molecular flexibility index (Phi) is 6.73. The van der Waals surface area contributed by atoms with Gasteiger partial charge in [0.2, 0.25) is 5.91 Å². The lowest BCUT2D eigenvalue weighted by atomic mass is 9.96. The first-order valence-corrected chi connectivity index (χ1v) is 9.42. The molecule has 0 saturated carbocycles. The van der Waals surface area contributed by atoms with Crippen molar-refractivity contribution in [1.82, 2.24) is 9.97 Å². The van der Waals surface area contributed by atoms with E-state index in [2.05, 4.69) is 20.2 Å². The average molecular weight is 380 g/mol. The van der Waals surface area contributed by atoms with Crippen LogP contribution in [-0.2, 0) is 14.3 Å². The first kappa shape index (κ1) is 19.5. The Hall–Kier alpha value is -3.22. The van der Waals surface area contributed by atoms with E-state index in [1.54, 1.807) is 31.6 Å². The summed E-state index contributed by atoms with van der Waals surface area (Å²) in [5.41, 5.74) is 1.61. The van der Waals surface area contributed by atoms with Gasteiger partial charge in [0.15, 0.2) is 0 Å². The Balaban J connectivity index is 1.49. The molecule has 146 valence electrons. The molecule has 2 heterocycles. The SMILES string of the molecule is CCOC(=O)C=Cc1ccc(NC(=O)C2CCN(c3cnccn3)CC2)cc1. The van der Waals surface area contributed by atoms with Gasteiger partial charge in [-0.1, -0.05) is 12.1 Å². The fourth-order valence-electron chi connectivity index (χ4n) is 3.10. The second-order valence-electron chi connectivity index (χ2n) is 6.52. The molecule has 0 aliphatic carbocycles. The van der Waals surface area contributed by atoms with Gasteiger partial charge < -0.3 is 15.0 Å². The van der Waals surface area contributed by atoms with Gasteiger partial charge in [-0.15, -0.1) is 0 Å². The molecule has 1 aliphatic heterocycles. The highest BCUT2D eigenvalue weighted by molar-refractivity contribution is 5.93. The minimum atomic E-state index is -0.368. The number of rotatable bonds is 6.